The summed E-state index contributed by atoms with van der Waals surface area (Å²) in [5.74, 6) is -0.0283. The zero-order chi connectivity index (χ0) is 30.0. The number of rotatable bonds is 8. The topological polar surface area (TPSA) is 69.7 Å². The van der Waals surface area contributed by atoms with Gasteiger partial charge in [0.05, 0.1) is 21.0 Å². The quantitative estimate of drug-likeness (QED) is 0.297. The van der Waals surface area contributed by atoms with Gasteiger partial charge < -0.3 is 10.2 Å². The Hall–Kier alpha value is -2.49. The SMILES string of the molecule is CN(C)C(c1ccc(F)cc1)C1CCC(NC(=O)CC2c3ccccc3CCN2S(=O)(=O)c2ccc(Cl)c(Cl)c2)CC1. The van der Waals surface area contributed by atoms with Crippen LogP contribution in [-0.4, -0.2) is 50.2 Å². The van der Waals surface area contributed by atoms with E-state index in [1.807, 2.05) is 50.5 Å². The minimum absolute atomic E-state index is 0.0174. The highest BCUT2D eigenvalue weighted by molar-refractivity contribution is 7.89. The summed E-state index contributed by atoms with van der Waals surface area (Å²) in [5, 5.41) is 3.64. The van der Waals surface area contributed by atoms with E-state index in [2.05, 4.69) is 10.2 Å². The van der Waals surface area contributed by atoms with E-state index >= 15 is 0 Å². The summed E-state index contributed by atoms with van der Waals surface area (Å²) in [7, 11) is 0.143. The first-order valence-electron chi connectivity index (χ1n) is 14.3. The molecule has 2 aliphatic rings. The number of nitrogens with one attached hydrogen (secondary N) is 1. The lowest BCUT2D eigenvalue weighted by Crippen LogP contribution is -2.44. The number of carbonyl (C=O) groups excluding carboxylic acids is 1. The molecule has 2 unspecified atom stereocenters. The van der Waals surface area contributed by atoms with Crippen molar-refractivity contribution in [1.82, 2.24) is 14.5 Å². The molecule has 1 fully saturated rings. The molecule has 0 bridgehead atoms. The maximum atomic E-state index is 13.8. The van der Waals surface area contributed by atoms with Gasteiger partial charge in [-0.1, -0.05) is 59.6 Å². The highest BCUT2D eigenvalue weighted by Crippen LogP contribution is 2.39. The largest absolute Gasteiger partial charge is 0.353 e. The summed E-state index contributed by atoms with van der Waals surface area (Å²) in [6.07, 6.45) is 4.08. The number of sulfonamides is 1. The van der Waals surface area contributed by atoms with Gasteiger partial charge in [-0.25, -0.2) is 12.8 Å². The van der Waals surface area contributed by atoms with Crippen LogP contribution in [0.2, 0.25) is 10.0 Å². The summed E-state index contributed by atoms with van der Waals surface area (Å²) in [6.45, 7) is 0.262. The molecule has 1 heterocycles. The van der Waals surface area contributed by atoms with Gasteiger partial charge in [0.15, 0.2) is 0 Å². The van der Waals surface area contributed by atoms with Gasteiger partial charge in [0.1, 0.15) is 5.82 Å². The summed E-state index contributed by atoms with van der Waals surface area (Å²) in [6, 6.07) is 18.3. The smallest absolute Gasteiger partial charge is 0.243 e. The van der Waals surface area contributed by atoms with Crippen molar-refractivity contribution >= 4 is 39.1 Å². The van der Waals surface area contributed by atoms with Gasteiger partial charge in [0.25, 0.3) is 0 Å². The lowest BCUT2D eigenvalue weighted by molar-refractivity contribution is -0.123. The molecule has 1 amide bonds. The van der Waals surface area contributed by atoms with E-state index in [9.17, 15) is 17.6 Å². The van der Waals surface area contributed by atoms with Crippen molar-refractivity contribution in [2.24, 2.45) is 5.92 Å². The van der Waals surface area contributed by atoms with E-state index in [1.54, 1.807) is 0 Å². The second-order valence-corrected chi connectivity index (χ2v) is 14.2. The molecule has 42 heavy (non-hydrogen) atoms. The Bertz CT molecular complexity index is 1530. The molecular formula is C32H36Cl2FN3O3S. The number of nitrogens with zero attached hydrogens (tertiary/aromatic N) is 2. The predicted molar refractivity (Wildman–Crippen MR) is 165 cm³/mol. The van der Waals surface area contributed by atoms with Crippen LogP contribution in [0.3, 0.4) is 0 Å². The van der Waals surface area contributed by atoms with Crippen molar-refractivity contribution in [1.29, 1.82) is 0 Å². The third kappa shape index (κ3) is 6.68. The molecule has 0 radical (unpaired) electrons. The lowest BCUT2D eigenvalue weighted by Gasteiger charge is -2.38. The molecule has 1 saturated carbocycles. The van der Waals surface area contributed by atoms with Gasteiger partial charge >= 0.3 is 0 Å². The molecule has 6 nitrogen and oxygen atoms in total. The van der Waals surface area contributed by atoms with Gasteiger partial charge in [-0.2, -0.15) is 4.31 Å². The van der Waals surface area contributed by atoms with Gasteiger partial charge in [0, 0.05) is 25.0 Å². The third-order valence-corrected chi connectivity index (χ3v) is 11.2. The zero-order valence-corrected chi connectivity index (χ0v) is 26.1. The van der Waals surface area contributed by atoms with Crippen LogP contribution in [0, 0.1) is 11.7 Å². The Balaban J connectivity index is 1.28. The second kappa shape index (κ2) is 13.0. The molecule has 1 aliphatic carbocycles. The van der Waals surface area contributed by atoms with Gasteiger partial charge in [-0.3, -0.25) is 4.79 Å². The summed E-state index contributed by atoms with van der Waals surface area (Å²) >= 11 is 12.2. The van der Waals surface area contributed by atoms with Crippen molar-refractivity contribution in [3.8, 4) is 0 Å². The highest BCUT2D eigenvalue weighted by atomic mass is 35.5. The van der Waals surface area contributed by atoms with Crippen LogP contribution in [-0.2, 0) is 21.2 Å². The number of amides is 1. The number of carbonyl (C=O) groups is 1. The molecular weight excluding hydrogens is 596 g/mol. The van der Waals surface area contributed by atoms with Crippen molar-refractivity contribution in [3.05, 3.63) is 99.3 Å². The number of hydrogen-bond acceptors (Lipinski definition) is 4. The van der Waals surface area contributed by atoms with E-state index in [0.29, 0.717) is 12.3 Å². The summed E-state index contributed by atoms with van der Waals surface area (Å²) in [4.78, 5) is 15.7. The predicted octanol–water partition coefficient (Wildman–Crippen LogP) is 6.79. The lowest BCUT2D eigenvalue weighted by atomic mass is 9.78. The maximum Gasteiger partial charge on any atom is 0.243 e. The van der Waals surface area contributed by atoms with Crippen molar-refractivity contribution in [2.45, 2.75) is 61.5 Å². The molecule has 3 aromatic carbocycles. The normalized spacial score (nSPS) is 22.0. The van der Waals surface area contributed by atoms with Crippen LogP contribution in [0.1, 0.15) is 60.9 Å². The number of benzene rings is 3. The number of fused-ring (bicyclic) bond motifs is 1. The van der Waals surface area contributed by atoms with E-state index in [1.165, 1.54) is 34.6 Å². The average molecular weight is 633 g/mol. The first-order valence-corrected chi connectivity index (χ1v) is 16.5. The Kier molecular flexibility index (Phi) is 9.59. The Labute approximate surface area is 257 Å². The number of hydrogen-bond donors (Lipinski definition) is 1. The van der Waals surface area contributed by atoms with E-state index in [4.69, 9.17) is 23.2 Å². The molecule has 0 saturated heterocycles. The molecule has 3 aromatic rings. The zero-order valence-electron chi connectivity index (χ0n) is 23.8. The third-order valence-electron chi connectivity index (χ3n) is 8.59. The summed E-state index contributed by atoms with van der Waals surface area (Å²) in [5.41, 5.74) is 2.99. The van der Waals surface area contributed by atoms with Crippen molar-refractivity contribution in [3.63, 3.8) is 0 Å². The van der Waals surface area contributed by atoms with Gasteiger partial charge in [-0.15, -0.1) is 0 Å². The molecule has 2 atom stereocenters. The molecule has 0 spiro atoms. The van der Waals surface area contributed by atoms with Crippen molar-refractivity contribution < 1.29 is 17.6 Å². The molecule has 0 aromatic heterocycles. The maximum absolute atomic E-state index is 13.8. The first kappa shape index (κ1) is 31.0. The fourth-order valence-corrected chi connectivity index (χ4v) is 8.59. The van der Waals surface area contributed by atoms with E-state index in [-0.39, 0.29) is 51.7 Å². The van der Waals surface area contributed by atoms with Crippen LogP contribution >= 0.6 is 23.2 Å². The summed E-state index contributed by atoms with van der Waals surface area (Å²) < 4.78 is 42.5. The van der Waals surface area contributed by atoms with E-state index < -0.39 is 16.1 Å². The minimum Gasteiger partial charge on any atom is -0.353 e. The molecule has 10 heteroatoms. The minimum atomic E-state index is -3.94. The molecule has 1 aliphatic heterocycles. The van der Waals surface area contributed by atoms with Gasteiger partial charge in [-0.05, 0) is 99.1 Å². The van der Waals surface area contributed by atoms with E-state index in [0.717, 1.165) is 42.4 Å². The molecule has 224 valence electrons. The van der Waals surface area contributed by atoms with Crippen LogP contribution in [0.15, 0.2) is 71.6 Å². The Morgan fingerprint density at radius 1 is 1.00 bits per heavy atom. The van der Waals surface area contributed by atoms with Crippen molar-refractivity contribution in [2.75, 3.05) is 20.6 Å². The Morgan fingerprint density at radius 2 is 1.69 bits per heavy atom. The standard InChI is InChI=1S/C32H36Cl2FN3O3S/c1-37(2)32(22-7-11-24(35)12-8-22)23-9-13-25(14-10-23)36-31(39)20-30-27-6-4-3-5-21(27)17-18-38(30)42(40,41)26-15-16-28(33)29(34)19-26/h3-8,11-12,15-16,19,23,25,30,32H,9-10,13-14,17-18,20H2,1-2H3,(H,36,39). The molecule has 1 N–H and O–H groups in total. The van der Waals surface area contributed by atoms with Crippen LogP contribution in [0.5, 0.6) is 0 Å². The van der Waals surface area contributed by atoms with Crippen LogP contribution in [0.4, 0.5) is 4.39 Å². The molecule has 5 rings (SSSR count). The average Bonchev–Trinajstić information content (AvgIpc) is 2.96. The fraction of sp³-hybridized carbons (Fsp3) is 0.406. The second-order valence-electron chi connectivity index (χ2n) is 11.5. The monoisotopic (exact) mass is 631 g/mol. The van der Waals surface area contributed by atoms with Crippen LogP contribution < -0.4 is 5.32 Å². The van der Waals surface area contributed by atoms with Crippen LogP contribution in [0.25, 0.3) is 0 Å². The Morgan fingerprint density at radius 3 is 2.36 bits per heavy atom. The fourth-order valence-electron chi connectivity index (χ4n) is 6.59. The van der Waals surface area contributed by atoms with Gasteiger partial charge in [0.2, 0.25) is 15.9 Å². The highest BCUT2D eigenvalue weighted by Gasteiger charge is 2.38. The number of halogens is 3. The first-order chi connectivity index (χ1) is 20.0.